The molecule has 1 heterocycles. The van der Waals surface area contributed by atoms with Gasteiger partial charge in [0, 0.05) is 15.8 Å². The van der Waals surface area contributed by atoms with Gasteiger partial charge in [-0.25, -0.2) is 0 Å². The number of carbonyl (C=O) groups is 2. The van der Waals surface area contributed by atoms with Crippen LogP contribution in [-0.2, 0) is 16.1 Å². The van der Waals surface area contributed by atoms with Gasteiger partial charge in [0.2, 0.25) is 5.91 Å². The molecule has 1 aliphatic rings. The summed E-state index contributed by atoms with van der Waals surface area (Å²) in [5.74, 6) is 1.27. The largest absolute Gasteiger partial charge is 0.496 e. The first-order valence-corrected chi connectivity index (χ1v) is 14.2. The smallest absolute Gasteiger partial charge is 0.254 e. The third-order valence-corrected chi connectivity index (χ3v) is 8.11. The number of nitrogens with zero attached hydrogens (tertiary/aromatic N) is 1. The molecule has 0 fully saturated rings. The average Bonchev–Trinajstić information content (AvgIpc) is 2.97. The van der Waals surface area contributed by atoms with Crippen molar-refractivity contribution in [2.45, 2.75) is 38.1 Å². The lowest BCUT2D eigenvalue weighted by molar-refractivity contribution is -0.132. The number of likely N-dealkylation sites (N-methyl/N-ethyl adjacent to an activating group) is 1. The van der Waals surface area contributed by atoms with Crippen molar-refractivity contribution in [2.75, 3.05) is 31.1 Å². The highest BCUT2D eigenvalue weighted by molar-refractivity contribution is 9.10. The summed E-state index contributed by atoms with van der Waals surface area (Å²) < 4.78 is 13.3. The van der Waals surface area contributed by atoms with Crippen molar-refractivity contribution in [3.05, 3.63) is 64.6 Å². The average molecular weight is 587 g/mol. The van der Waals surface area contributed by atoms with Crippen LogP contribution in [0, 0.1) is 0 Å². The van der Waals surface area contributed by atoms with Gasteiger partial charge in [0.25, 0.3) is 5.91 Å². The van der Waals surface area contributed by atoms with Crippen LogP contribution < -0.4 is 25.0 Å². The summed E-state index contributed by atoms with van der Waals surface area (Å²) in [5, 5.41) is 7.94. The second-order valence-corrected chi connectivity index (χ2v) is 11.1. The minimum Gasteiger partial charge on any atom is -0.496 e. The third-order valence-electron chi connectivity index (χ3n) is 6.75. The zero-order chi connectivity index (χ0) is 26.7. The van der Waals surface area contributed by atoms with Crippen molar-refractivity contribution < 1.29 is 19.1 Å². The molecule has 7 nitrogen and oxygen atoms in total. The van der Waals surface area contributed by atoms with Gasteiger partial charge < -0.3 is 25.0 Å². The summed E-state index contributed by atoms with van der Waals surface area (Å²) in [4.78, 5) is 29.1. The number of ether oxygens (including phenoxy) is 2. The van der Waals surface area contributed by atoms with E-state index in [2.05, 4.69) is 26.6 Å². The molecule has 1 unspecified atom stereocenters. The minimum atomic E-state index is -0.974. The highest BCUT2D eigenvalue weighted by Gasteiger charge is 2.48. The highest BCUT2D eigenvalue weighted by atomic mass is 79.9. The number of hydrogen-bond acceptors (Lipinski definition) is 6. The summed E-state index contributed by atoms with van der Waals surface area (Å²) in [6, 6.07) is 16.1. The van der Waals surface area contributed by atoms with Crippen molar-refractivity contribution >= 4 is 56.0 Å². The second-order valence-electron chi connectivity index (χ2n) is 9.30. The first kappa shape index (κ1) is 27.3. The van der Waals surface area contributed by atoms with E-state index in [1.165, 1.54) is 0 Å². The Bertz CT molecular complexity index is 1320. The van der Waals surface area contributed by atoms with E-state index in [1.807, 2.05) is 67.8 Å². The lowest BCUT2D eigenvalue weighted by atomic mass is 9.96. The maximum absolute atomic E-state index is 14.4. The molecule has 4 rings (SSSR count). The Morgan fingerprint density at radius 2 is 2.00 bits per heavy atom. The number of hydrogen-bond donors (Lipinski definition) is 2. The Hall–Kier alpha value is -2.75. The minimum absolute atomic E-state index is 0.241. The molecule has 196 valence electrons. The summed E-state index contributed by atoms with van der Waals surface area (Å²) in [6.07, 6.45) is 1.96. The molecule has 9 heteroatoms. The van der Waals surface area contributed by atoms with E-state index < -0.39 is 17.7 Å². The van der Waals surface area contributed by atoms with Crippen LogP contribution in [0.3, 0.4) is 0 Å². The zero-order valence-electron chi connectivity index (χ0n) is 21.6. The van der Waals surface area contributed by atoms with Gasteiger partial charge in [0.05, 0.1) is 25.4 Å². The molecular formula is C28H32BrN3O4S. The second kappa shape index (κ2) is 11.3. The topological polar surface area (TPSA) is 79.9 Å². The summed E-state index contributed by atoms with van der Waals surface area (Å²) in [6.45, 7) is 3.88. The van der Waals surface area contributed by atoms with Crippen LogP contribution >= 0.6 is 27.7 Å². The molecule has 0 saturated heterocycles. The maximum atomic E-state index is 14.4. The van der Waals surface area contributed by atoms with Gasteiger partial charge in [-0.15, -0.1) is 0 Å². The van der Waals surface area contributed by atoms with Crippen LogP contribution in [0.5, 0.6) is 11.5 Å². The molecule has 0 aromatic heterocycles. The van der Waals surface area contributed by atoms with Gasteiger partial charge in [-0.3, -0.25) is 9.59 Å². The first-order chi connectivity index (χ1) is 17.7. The number of rotatable bonds is 8. The number of anilines is 1. The van der Waals surface area contributed by atoms with Gasteiger partial charge in [0.1, 0.15) is 23.1 Å². The van der Waals surface area contributed by atoms with Crippen LogP contribution in [0.15, 0.2) is 59.1 Å². The molecule has 0 radical (unpaired) electrons. The molecule has 3 aromatic carbocycles. The van der Waals surface area contributed by atoms with Gasteiger partial charge in [-0.2, -0.15) is 11.8 Å². The number of amides is 2. The number of nitrogens with one attached hydrogen (secondary N) is 2. The van der Waals surface area contributed by atoms with Crippen molar-refractivity contribution in [1.82, 2.24) is 10.6 Å². The Kier molecular flexibility index (Phi) is 8.36. The Morgan fingerprint density at radius 1 is 1.24 bits per heavy atom. The molecule has 0 saturated carbocycles. The van der Waals surface area contributed by atoms with Crippen molar-refractivity contribution in [3.8, 4) is 11.5 Å². The number of fused-ring (bicyclic) bond motifs is 2. The van der Waals surface area contributed by atoms with E-state index in [9.17, 15) is 9.59 Å². The van der Waals surface area contributed by atoms with Gasteiger partial charge in [-0.05, 0) is 68.3 Å². The lowest BCUT2D eigenvalue weighted by Gasteiger charge is -2.36. The van der Waals surface area contributed by atoms with Gasteiger partial charge in [-0.1, -0.05) is 40.2 Å². The molecule has 3 atom stereocenters. The molecule has 3 aromatic rings. The van der Waals surface area contributed by atoms with Gasteiger partial charge in [0.15, 0.2) is 0 Å². The van der Waals surface area contributed by atoms with Crippen LogP contribution in [0.25, 0.3) is 10.8 Å². The first-order valence-electron chi connectivity index (χ1n) is 12.0. The summed E-state index contributed by atoms with van der Waals surface area (Å²) in [5.41, 5.74) is 0.547. The number of carbonyl (C=O) groups excluding carboxylic acids is 2. The fraction of sp³-hybridized carbons (Fsp3) is 0.357. The number of benzene rings is 3. The highest BCUT2D eigenvalue weighted by Crippen LogP contribution is 2.40. The molecule has 2 N–H and O–H groups in total. The fourth-order valence-electron chi connectivity index (χ4n) is 4.65. The summed E-state index contributed by atoms with van der Waals surface area (Å²) in [7, 11) is 3.34. The SMILES string of the molecule is CN[C@@H](C)C(=O)N[C@@H]1C(=O)N(Cc2c(OC)ccc3cc(Br)ccc23)c2ccccc2OC1(C)CSC. The molecule has 0 aliphatic carbocycles. The van der Waals surface area contributed by atoms with Crippen LogP contribution in [0.2, 0.25) is 0 Å². The molecule has 0 bridgehead atoms. The van der Waals surface area contributed by atoms with Crippen molar-refractivity contribution in [2.24, 2.45) is 0 Å². The van der Waals surface area contributed by atoms with E-state index in [-0.39, 0.29) is 18.4 Å². The normalized spacial score (nSPS) is 20.1. The van der Waals surface area contributed by atoms with Crippen molar-refractivity contribution in [1.29, 1.82) is 0 Å². The number of methoxy groups -OCH3 is 1. The van der Waals surface area contributed by atoms with Crippen LogP contribution in [-0.4, -0.2) is 55.7 Å². The molecular weight excluding hydrogens is 554 g/mol. The predicted molar refractivity (Wildman–Crippen MR) is 154 cm³/mol. The van der Waals surface area contributed by atoms with E-state index in [0.29, 0.717) is 22.9 Å². The molecule has 2 amide bonds. The Balaban J connectivity index is 1.87. The van der Waals surface area contributed by atoms with E-state index in [0.717, 1.165) is 20.8 Å². The number of thioether (sulfide) groups is 1. The van der Waals surface area contributed by atoms with Crippen LogP contribution in [0.1, 0.15) is 19.4 Å². The Morgan fingerprint density at radius 3 is 2.70 bits per heavy atom. The maximum Gasteiger partial charge on any atom is 0.254 e. The van der Waals surface area contributed by atoms with E-state index in [1.54, 1.807) is 37.7 Å². The Labute approximate surface area is 230 Å². The molecule has 0 spiro atoms. The summed E-state index contributed by atoms with van der Waals surface area (Å²) >= 11 is 5.11. The number of para-hydroxylation sites is 2. The quantitative estimate of drug-likeness (QED) is 0.397. The standard InChI is InChI=1S/C28H32BrN3O4S/c1-17(30-3)26(33)31-25-27(34)32(22-8-6-7-9-24(22)36-28(25,2)16-37-5)15-21-20-12-11-19(29)14-18(20)10-13-23(21)35-4/h6-14,17,25,30H,15-16H2,1-5H3,(H,31,33)/t17-,25+,28?/m0/s1. The fourth-order valence-corrected chi connectivity index (χ4v) is 5.82. The number of halogens is 1. The van der Waals surface area contributed by atoms with Gasteiger partial charge >= 0.3 is 0 Å². The molecule has 37 heavy (non-hydrogen) atoms. The molecule has 1 aliphatic heterocycles. The zero-order valence-corrected chi connectivity index (χ0v) is 24.0. The van der Waals surface area contributed by atoms with Crippen LogP contribution in [0.4, 0.5) is 5.69 Å². The monoisotopic (exact) mass is 585 g/mol. The predicted octanol–water partition coefficient (Wildman–Crippen LogP) is 4.75. The third kappa shape index (κ3) is 5.44. The van der Waals surface area contributed by atoms with E-state index >= 15 is 0 Å². The van der Waals surface area contributed by atoms with Crippen molar-refractivity contribution in [3.63, 3.8) is 0 Å². The van der Waals surface area contributed by atoms with E-state index in [4.69, 9.17) is 9.47 Å². The lowest BCUT2D eigenvalue weighted by Crippen LogP contribution is -2.63.